The van der Waals surface area contributed by atoms with Crippen molar-refractivity contribution < 1.29 is 14.4 Å². The number of benzene rings is 2. The predicted molar refractivity (Wildman–Crippen MR) is 113 cm³/mol. The quantitative estimate of drug-likeness (QED) is 0.453. The van der Waals surface area contributed by atoms with Crippen molar-refractivity contribution in [3.05, 3.63) is 84.1 Å². The Balaban J connectivity index is 1.70. The molecule has 2 aromatic carbocycles. The molecule has 0 saturated carbocycles. The number of nitrogens with one attached hydrogen (secondary N) is 1. The van der Waals surface area contributed by atoms with E-state index in [1.165, 1.54) is 7.11 Å². The van der Waals surface area contributed by atoms with Gasteiger partial charge in [0.05, 0.1) is 0 Å². The van der Waals surface area contributed by atoms with E-state index in [1.807, 2.05) is 48.5 Å². The fourth-order valence-corrected chi connectivity index (χ4v) is 3.40. The van der Waals surface area contributed by atoms with E-state index in [2.05, 4.69) is 27.6 Å². The summed E-state index contributed by atoms with van der Waals surface area (Å²) < 4.78 is 5.83. The van der Waals surface area contributed by atoms with Gasteiger partial charge in [0.25, 0.3) is 5.91 Å². The number of nitrogens with zero attached hydrogens (tertiary/aromatic N) is 2. The Morgan fingerprint density at radius 3 is 2.48 bits per heavy atom. The highest BCUT2D eigenvalue weighted by molar-refractivity contribution is 7.99. The summed E-state index contributed by atoms with van der Waals surface area (Å²) in [6, 6.07) is 21.3. The first-order valence-electron chi connectivity index (χ1n) is 8.94. The molecule has 3 aromatic rings. The zero-order valence-electron chi connectivity index (χ0n) is 16.2. The van der Waals surface area contributed by atoms with Crippen molar-refractivity contribution in [2.45, 2.75) is 16.4 Å². The second-order valence-corrected chi connectivity index (χ2v) is 7.04. The smallest absolute Gasteiger partial charge is 0.273 e. The summed E-state index contributed by atoms with van der Waals surface area (Å²) in [6.07, 6.45) is 1.78. The van der Waals surface area contributed by atoms with Crippen molar-refractivity contribution in [1.29, 1.82) is 0 Å². The average Bonchev–Trinajstić information content (AvgIpc) is 2.77. The minimum absolute atomic E-state index is 0.191. The molecule has 0 spiro atoms. The van der Waals surface area contributed by atoms with Crippen molar-refractivity contribution in [2.24, 2.45) is 5.16 Å². The van der Waals surface area contributed by atoms with Gasteiger partial charge in [-0.1, -0.05) is 59.4 Å². The van der Waals surface area contributed by atoms with Crippen LogP contribution in [0.1, 0.15) is 11.1 Å². The van der Waals surface area contributed by atoms with Gasteiger partial charge in [-0.15, -0.1) is 0 Å². The first-order chi connectivity index (χ1) is 14.2. The lowest BCUT2D eigenvalue weighted by atomic mass is 10.0. The molecule has 0 saturated heterocycles. The Bertz CT molecular complexity index is 976. The summed E-state index contributed by atoms with van der Waals surface area (Å²) in [5, 5.41) is 6.43. The predicted octanol–water partition coefficient (Wildman–Crippen LogP) is 3.91. The number of amides is 1. The molecule has 0 unspecified atom stereocenters. The molecule has 3 rings (SSSR count). The third kappa shape index (κ3) is 5.58. The number of hydrogen-bond acceptors (Lipinski definition) is 6. The standard InChI is InChI=1S/C22H21N3O3S/c1-23-22(26)21(25-27-2)19-11-7-6-8-16(19)15-28-20-13-12-18(14-24-20)29-17-9-4-3-5-10-17/h3-14H,15H2,1-2H3,(H,23,26). The highest BCUT2D eigenvalue weighted by atomic mass is 32.2. The Morgan fingerprint density at radius 1 is 1.03 bits per heavy atom. The highest BCUT2D eigenvalue weighted by Crippen LogP contribution is 2.27. The molecule has 148 valence electrons. The number of rotatable bonds is 8. The van der Waals surface area contributed by atoms with Gasteiger partial charge in [0, 0.05) is 34.7 Å². The van der Waals surface area contributed by atoms with Crippen LogP contribution < -0.4 is 10.1 Å². The van der Waals surface area contributed by atoms with E-state index in [-0.39, 0.29) is 18.2 Å². The van der Waals surface area contributed by atoms with E-state index in [1.54, 1.807) is 31.1 Å². The molecular formula is C22H21N3O3S. The Labute approximate surface area is 174 Å². The second-order valence-electron chi connectivity index (χ2n) is 5.89. The minimum Gasteiger partial charge on any atom is -0.473 e. The molecule has 0 radical (unpaired) electrons. The van der Waals surface area contributed by atoms with Crippen molar-refractivity contribution in [3.8, 4) is 5.88 Å². The normalized spacial score (nSPS) is 11.0. The van der Waals surface area contributed by atoms with Crippen LogP contribution in [0, 0.1) is 0 Å². The van der Waals surface area contributed by atoms with E-state index in [9.17, 15) is 4.79 Å². The Morgan fingerprint density at radius 2 is 1.79 bits per heavy atom. The maximum Gasteiger partial charge on any atom is 0.273 e. The molecule has 1 amide bonds. The molecule has 29 heavy (non-hydrogen) atoms. The molecule has 0 aliphatic carbocycles. The van der Waals surface area contributed by atoms with Gasteiger partial charge in [-0.05, 0) is 23.8 Å². The van der Waals surface area contributed by atoms with Gasteiger partial charge in [-0.3, -0.25) is 4.79 Å². The number of carbonyl (C=O) groups is 1. The molecule has 0 aliphatic heterocycles. The van der Waals surface area contributed by atoms with Crippen LogP contribution in [0.25, 0.3) is 0 Å². The molecule has 1 heterocycles. The molecule has 6 nitrogen and oxygen atoms in total. The number of carbonyl (C=O) groups excluding carboxylic acids is 1. The summed E-state index contributed by atoms with van der Waals surface area (Å²) in [6.45, 7) is 0.244. The Kier molecular flexibility index (Phi) is 7.24. The summed E-state index contributed by atoms with van der Waals surface area (Å²) >= 11 is 1.64. The van der Waals surface area contributed by atoms with Gasteiger partial charge in [-0.25, -0.2) is 4.98 Å². The van der Waals surface area contributed by atoms with E-state index >= 15 is 0 Å². The van der Waals surface area contributed by atoms with Crippen LogP contribution in [-0.2, 0) is 16.2 Å². The lowest BCUT2D eigenvalue weighted by Crippen LogP contribution is -2.29. The van der Waals surface area contributed by atoms with Crippen LogP contribution in [0.4, 0.5) is 0 Å². The lowest BCUT2D eigenvalue weighted by Gasteiger charge is -2.12. The zero-order chi connectivity index (χ0) is 20.5. The van der Waals surface area contributed by atoms with Gasteiger partial charge in [-0.2, -0.15) is 0 Å². The van der Waals surface area contributed by atoms with Crippen molar-refractivity contribution in [3.63, 3.8) is 0 Å². The number of oxime groups is 1. The summed E-state index contributed by atoms with van der Waals surface area (Å²) in [4.78, 5) is 23.5. The summed E-state index contributed by atoms with van der Waals surface area (Å²) in [5.74, 6) is 0.169. The maximum absolute atomic E-state index is 12.1. The summed E-state index contributed by atoms with van der Waals surface area (Å²) in [7, 11) is 2.95. The largest absolute Gasteiger partial charge is 0.473 e. The second kappa shape index (κ2) is 10.3. The van der Waals surface area contributed by atoms with Crippen LogP contribution in [0.3, 0.4) is 0 Å². The topological polar surface area (TPSA) is 72.8 Å². The van der Waals surface area contributed by atoms with Gasteiger partial charge in [0.1, 0.15) is 13.7 Å². The number of likely N-dealkylation sites (N-methyl/N-ethyl adjacent to an activating group) is 1. The van der Waals surface area contributed by atoms with Crippen molar-refractivity contribution in [1.82, 2.24) is 10.3 Å². The molecule has 0 fully saturated rings. The first kappa shape index (κ1) is 20.4. The van der Waals surface area contributed by atoms with E-state index in [0.29, 0.717) is 11.4 Å². The Hall–Kier alpha value is -3.32. The average molecular weight is 407 g/mol. The third-order valence-corrected chi connectivity index (χ3v) is 4.95. The van der Waals surface area contributed by atoms with Crippen LogP contribution in [0.15, 0.2) is 87.9 Å². The molecular weight excluding hydrogens is 386 g/mol. The maximum atomic E-state index is 12.1. The fraction of sp³-hybridized carbons (Fsp3) is 0.136. The van der Waals surface area contributed by atoms with Crippen molar-refractivity contribution >= 4 is 23.4 Å². The van der Waals surface area contributed by atoms with Gasteiger partial charge < -0.3 is 14.9 Å². The third-order valence-electron chi connectivity index (χ3n) is 3.96. The number of aromatic nitrogens is 1. The highest BCUT2D eigenvalue weighted by Gasteiger charge is 2.17. The monoisotopic (exact) mass is 407 g/mol. The molecule has 1 aromatic heterocycles. The fourth-order valence-electron chi connectivity index (χ4n) is 2.59. The van der Waals surface area contributed by atoms with Gasteiger partial charge in [0.2, 0.25) is 5.88 Å². The number of ether oxygens (including phenoxy) is 1. The van der Waals surface area contributed by atoms with Crippen LogP contribution in [0.2, 0.25) is 0 Å². The first-order valence-corrected chi connectivity index (χ1v) is 9.76. The molecule has 0 atom stereocenters. The van der Waals surface area contributed by atoms with E-state index in [0.717, 1.165) is 15.4 Å². The van der Waals surface area contributed by atoms with Crippen LogP contribution >= 0.6 is 11.8 Å². The van der Waals surface area contributed by atoms with Crippen LogP contribution in [-0.4, -0.2) is 30.8 Å². The SMILES string of the molecule is CNC(=O)C(=NOC)c1ccccc1COc1ccc(Sc2ccccc2)cn1. The van der Waals surface area contributed by atoms with Crippen molar-refractivity contribution in [2.75, 3.05) is 14.2 Å². The minimum atomic E-state index is -0.334. The summed E-state index contributed by atoms with van der Waals surface area (Å²) in [5.41, 5.74) is 1.64. The van der Waals surface area contributed by atoms with E-state index in [4.69, 9.17) is 9.57 Å². The molecule has 0 aliphatic rings. The molecule has 7 heteroatoms. The van der Waals surface area contributed by atoms with Gasteiger partial charge >= 0.3 is 0 Å². The molecule has 1 N–H and O–H groups in total. The number of pyridine rings is 1. The zero-order valence-corrected chi connectivity index (χ0v) is 17.0. The number of hydrogen-bond donors (Lipinski definition) is 1. The molecule has 0 bridgehead atoms. The van der Waals surface area contributed by atoms with Crippen LogP contribution in [0.5, 0.6) is 5.88 Å². The van der Waals surface area contributed by atoms with E-state index < -0.39 is 0 Å². The lowest BCUT2D eigenvalue weighted by molar-refractivity contribution is -0.114. The van der Waals surface area contributed by atoms with Gasteiger partial charge in [0.15, 0.2) is 5.71 Å².